The van der Waals surface area contributed by atoms with Crippen LogP contribution < -0.4 is 5.32 Å². The van der Waals surface area contributed by atoms with Crippen LogP contribution in [0.25, 0.3) is 0 Å². The summed E-state index contributed by atoms with van der Waals surface area (Å²) >= 11 is 0. The Bertz CT molecular complexity index is 275. The molecule has 2 nitrogen and oxygen atoms in total. The van der Waals surface area contributed by atoms with Gasteiger partial charge < -0.3 is 0 Å². The van der Waals surface area contributed by atoms with Crippen LogP contribution in [0.5, 0.6) is 0 Å². The van der Waals surface area contributed by atoms with Gasteiger partial charge in [0.15, 0.2) is 0 Å². The number of nitrogens with zero attached hydrogens (tertiary/aromatic N) is 1. The first-order chi connectivity index (χ1) is 5.41. The molecule has 0 spiro atoms. The zero-order valence-corrected chi connectivity index (χ0v) is 6.07. The maximum atomic E-state index is 11.9. The molecule has 1 aliphatic rings. The van der Waals surface area contributed by atoms with Crippen LogP contribution in [-0.2, 0) is 4.79 Å². The molecule has 0 saturated carbocycles. The van der Waals surface area contributed by atoms with Crippen molar-refractivity contribution in [2.24, 2.45) is 0 Å². The van der Waals surface area contributed by atoms with Crippen molar-refractivity contribution < 1.29 is 18.0 Å². The van der Waals surface area contributed by atoms with Gasteiger partial charge in [-0.1, -0.05) is 0 Å². The van der Waals surface area contributed by atoms with E-state index in [1.165, 1.54) is 6.92 Å². The monoisotopic (exact) mass is 175 g/mol. The van der Waals surface area contributed by atoms with Crippen molar-refractivity contribution >= 4 is 5.91 Å². The van der Waals surface area contributed by atoms with Crippen molar-refractivity contribution in [2.75, 3.05) is 0 Å². The van der Waals surface area contributed by atoms with Crippen LogP contribution >= 0.6 is 0 Å². The molecule has 64 valence electrons. The summed E-state index contributed by atoms with van der Waals surface area (Å²) in [6, 6.07) is 0. The molecule has 0 fully saturated rings. The number of rotatable bonds is 0. The van der Waals surface area contributed by atoms with Gasteiger partial charge in [0.1, 0.15) is 5.57 Å². The minimum atomic E-state index is -4.63. The summed E-state index contributed by atoms with van der Waals surface area (Å²) < 4.78 is 35.8. The second-order valence-corrected chi connectivity index (χ2v) is 2.20. The van der Waals surface area contributed by atoms with Crippen LogP contribution in [0, 0.1) is 6.08 Å². The maximum Gasteiger partial charge on any atom is 0.421 e. The third-order valence-electron chi connectivity index (χ3n) is 1.23. The Morgan fingerprint density at radius 3 is 2.50 bits per heavy atom. The number of alkyl halides is 3. The molecule has 0 aliphatic carbocycles. The molecule has 0 aromatic rings. The number of amides is 1. The van der Waals surface area contributed by atoms with E-state index in [4.69, 9.17) is 0 Å². The van der Waals surface area contributed by atoms with E-state index in [0.717, 1.165) is 0 Å². The smallest absolute Gasteiger partial charge is 0.267 e. The normalized spacial score (nSPS) is 18.2. The minimum Gasteiger partial charge on any atom is -0.267 e. The van der Waals surface area contributed by atoms with E-state index in [1.54, 1.807) is 0 Å². The van der Waals surface area contributed by atoms with Gasteiger partial charge in [-0.15, -0.1) is 0 Å². The van der Waals surface area contributed by atoms with Crippen molar-refractivity contribution in [1.82, 2.24) is 5.32 Å². The zero-order valence-electron chi connectivity index (χ0n) is 6.07. The van der Waals surface area contributed by atoms with E-state index >= 15 is 0 Å². The Labute approximate surface area is 66.8 Å². The molecule has 0 aromatic heterocycles. The second kappa shape index (κ2) is 2.66. The van der Waals surface area contributed by atoms with Gasteiger partial charge in [0, 0.05) is 11.8 Å². The number of carbonyl (C=O) groups excluding carboxylic acids is 1. The lowest BCUT2D eigenvalue weighted by Gasteiger charge is -2.12. The summed E-state index contributed by atoms with van der Waals surface area (Å²) in [6.07, 6.45) is -1.80. The van der Waals surface area contributed by atoms with Gasteiger partial charge in [0.05, 0.1) is 0 Å². The first kappa shape index (κ1) is 8.83. The van der Waals surface area contributed by atoms with Crippen LogP contribution in [0.15, 0.2) is 17.3 Å². The Morgan fingerprint density at radius 2 is 2.08 bits per heavy atom. The summed E-state index contributed by atoms with van der Waals surface area (Å²) in [5, 5.41) is 3.11. The Kier molecular flexibility index (Phi) is 1.95. The van der Waals surface area contributed by atoms with E-state index in [9.17, 15) is 18.0 Å². The van der Waals surface area contributed by atoms with E-state index in [0.29, 0.717) is 6.08 Å². The molecule has 1 heterocycles. The molecule has 1 aliphatic heterocycles. The predicted molar refractivity (Wildman–Crippen MR) is 33.7 cm³/mol. The molecule has 1 amide bonds. The standard InChI is InChI=1S/C7H4F3NO/c1-4-2-3-5(6(12)11-4)7(8,9)10/h3H,1H3. The van der Waals surface area contributed by atoms with E-state index in [1.807, 2.05) is 0 Å². The molecular weight excluding hydrogens is 171 g/mol. The number of allylic oxidation sites excluding steroid dienone is 3. The maximum absolute atomic E-state index is 11.9. The molecular formula is C7H4F3NO. The summed E-state index contributed by atoms with van der Waals surface area (Å²) in [7, 11) is 0. The minimum absolute atomic E-state index is 0.160. The van der Waals surface area contributed by atoms with Crippen molar-refractivity contribution in [3.05, 3.63) is 23.4 Å². The van der Waals surface area contributed by atoms with Crippen LogP contribution in [0.4, 0.5) is 13.2 Å². The van der Waals surface area contributed by atoms with E-state index < -0.39 is 17.7 Å². The summed E-state index contributed by atoms with van der Waals surface area (Å²) in [6.45, 7) is 1.40. The summed E-state index contributed by atoms with van der Waals surface area (Å²) in [5.41, 5.74) is -1.11. The lowest BCUT2D eigenvalue weighted by Crippen LogP contribution is -2.28. The molecule has 0 unspecified atom stereocenters. The van der Waals surface area contributed by atoms with Crippen LogP contribution in [0.1, 0.15) is 6.92 Å². The van der Waals surface area contributed by atoms with Crippen molar-refractivity contribution in [3.8, 4) is 0 Å². The lowest BCUT2D eigenvalue weighted by molar-refractivity contribution is -0.130. The number of hydrogen-bond donors (Lipinski definition) is 0. The highest BCUT2D eigenvalue weighted by atomic mass is 19.4. The predicted octanol–water partition coefficient (Wildman–Crippen LogP) is 1.33. The number of halogens is 3. The molecule has 0 atom stereocenters. The molecule has 0 N–H and O–H groups in total. The highest BCUT2D eigenvalue weighted by Gasteiger charge is 2.39. The van der Waals surface area contributed by atoms with Crippen molar-refractivity contribution in [3.63, 3.8) is 0 Å². The molecule has 0 bridgehead atoms. The molecule has 12 heavy (non-hydrogen) atoms. The lowest BCUT2D eigenvalue weighted by atomic mass is 10.1. The Hall–Kier alpha value is -1.26. The van der Waals surface area contributed by atoms with Gasteiger partial charge in [0.2, 0.25) is 0 Å². The van der Waals surface area contributed by atoms with Gasteiger partial charge in [-0.3, -0.25) is 4.79 Å². The molecule has 5 heteroatoms. The zero-order chi connectivity index (χ0) is 9.35. The second-order valence-electron chi connectivity index (χ2n) is 2.20. The summed E-state index contributed by atoms with van der Waals surface area (Å²) in [5.74, 6) is -1.25. The first-order valence-electron chi connectivity index (χ1n) is 3.05. The van der Waals surface area contributed by atoms with E-state index in [2.05, 4.69) is 11.4 Å². The first-order valence-corrected chi connectivity index (χ1v) is 3.05. The van der Waals surface area contributed by atoms with Crippen molar-refractivity contribution in [2.45, 2.75) is 13.1 Å². The largest absolute Gasteiger partial charge is 0.421 e. The van der Waals surface area contributed by atoms with Gasteiger partial charge in [-0.25, -0.2) is 5.32 Å². The van der Waals surface area contributed by atoms with E-state index in [-0.39, 0.29) is 5.70 Å². The fourth-order valence-electron chi connectivity index (χ4n) is 0.686. The van der Waals surface area contributed by atoms with Crippen LogP contribution in [0.2, 0.25) is 0 Å². The quantitative estimate of drug-likeness (QED) is 0.546. The van der Waals surface area contributed by atoms with Gasteiger partial charge in [-0.2, -0.15) is 13.2 Å². The number of hydrogen-bond acceptors (Lipinski definition) is 1. The topological polar surface area (TPSA) is 31.2 Å². The molecule has 1 rings (SSSR count). The van der Waals surface area contributed by atoms with Gasteiger partial charge in [0.25, 0.3) is 5.91 Å². The molecule has 2 radical (unpaired) electrons. The average Bonchev–Trinajstić information content (AvgIpc) is 1.83. The molecule has 0 saturated heterocycles. The fourth-order valence-corrected chi connectivity index (χ4v) is 0.686. The Morgan fingerprint density at radius 1 is 1.50 bits per heavy atom. The summed E-state index contributed by atoms with van der Waals surface area (Å²) in [4.78, 5) is 10.6. The average molecular weight is 175 g/mol. The SMILES string of the molecule is CC1=[C]C=C(C(F)(F)F)C(=O)[N]1. The van der Waals surface area contributed by atoms with Crippen LogP contribution in [0.3, 0.4) is 0 Å². The molecule has 0 aromatic carbocycles. The Balaban J connectivity index is 2.99. The third-order valence-corrected chi connectivity index (χ3v) is 1.23. The van der Waals surface area contributed by atoms with Gasteiger partial charge >= 0.3 is 6.18 Å². The third kappa shape index (κ3) is 1.66. The number of carbonyl (C=O) groups is 1. The highest BCUT2D eigenvalue weighted by molar-refractivity contribution is 5.96. The van der Waals surface area contributed by atoms with Crippen LogP contribution in [-0.4, -0.2) is 12.1 Å². The fraction of sp³-hybridized carbons (Fsp3) is 0.286. The van der Waals surface area contributed by atoms with Gasteiger partial charge in [-0.05, 0) is 13.0 Å². The van der Waals surface area contributed by atoms with Crippen molar-refractivity contribution in [1.29, 1.82) is 0 Å². The highest BCUT2D eigenvalue weighted by Crippen LogP contribution is 2.27.